The van der Waals surface area contributed by atoms with Crippen molar-refractivity contribution in [3.63, 3.8) is 0 Å². The largest absolute Gasteiger partial charge is 0.313 e. The molecular weight excluding hydrogens is 278 g/mol. The Morgan fingerprint density at radius 3 is 1.96 bits per heavy atom. The maximum atomic E-state index is 3.47. The Morgan fingerprint density at radius 2 is 1.35 bits per heavy atom. The van der Waals surface area contributed by atoms with Gasteiger partial charge in [0.25, 0.3) is 0 Å². The van der Waals surface area contributed by atoms with Gasteiger partial charge in [-0.1, -0.05) is 73.7 Å². The van der Waals surface area contributed by atoms with E-state index in [1.165, 1.54) is 33.4 Å². The second-order valence-electron chi connectivity index (χ2n) is 5.83. The van der Waals surface area contributed by atoms with Crippen molar-refractivity contribution in [3.05, 3.63) is 83.9 Å². The minimum Gasteiger partial charge on any atom is -0.313 e. The summed E-state index contributed by atoms with van der Waals surface area (Å²) in [7, 11) is 0. The molecule has 3 rings (SSSR count). The lowest BCUT2D eigenvalue weighted by atomic mass is 9.91. The molecule has 0 amide bonds. The van der Waals surface area contributed by atoms with Crippen LogP contribution in [0.3, 0.4) is 0 Å². The lowest BCUT2D eigenvalue weighted by molar-refractivity contribution is 0.725. The van der Waals surface area contributed by atoms with E-state index < -0.39 is 0 Å². The maximum Gasteiger partial charge on any atom is 0.0214 e. The third-order valence-corrected chi connectivity index (χ3v) is 4.22. The van der Waals surface area contributed by atoms with Gasteiger partial charge in [0.05, 0.1) is 0 Å². The summed E-state index contributed by atoms with van der Waals surface area (Å²) in [5.74, 6) is 0. The van der Waals surface area contributed by atoms with E-state index in [1.807, 2.05) is 0 Å². The van der Waals surface area contributed by atoms with Crippen LogP contribution in [0.1, 0.15) is 18.1 Å². The molecule has 0 unspecified atom stereocenters. The molecule has 0 spiro atoms. The van der Waals surface area contributed by atoms with Crippen molar-refractivity contribution in [3.8, 4) is 22.3 Å². The molecule has 0 aliphatic carbocycles. The zero-order chi connectivity index (χ0) is 16.1. The zero-order valence-electron chi connectivity index (χ0n) is 13.8. The average molecular weight is 301 g/mol. The maximum absolute atomic E-state index is 3.47. The first-order valence-corrected chi connectivity index (χ1v) is 8.24. The van der Waals surface area contributed by atoms with Gasteiger partial charge in [0.15, 0.2) is 0 Å². The Kier molecular flexibility index (Phi) is 4.89. The van der Waals surface area contributed by atoms with Gasteiger partial charge >= 0.3 is 0 Å². The van der Waals surface area contributed by atoms with Gasteiger partial charge in [-0.3, -0.25) is 0 Å². The van der Waals surface area contributed by atoms with Crippen LogP contribution in [0.5, 0.6) is 0 Å². The van der Waals surface area contributed by atoms with Crippen LogP contribution in [0.15, 0.2) is 72.8 Å². The summed E-state index contributed by atoms with van der Waals surface area (Å²) >= 11 is 0. The molecule has 0 saturated heterocycles. The number of hydrogen-bond donors (Lipinski definition) is 1. The van der Waals surface area contributed by atoms with Gasteiger partial charge in [-0.25, -0.2) is 0 Å². The highest BCUT2D eigenvalue weighted by molar-refractivity contribution is 5.77. The number of benzene rings is 3. The fraction of sp³-hybridized carbons (Fsp3) is 0.182. The molecular formula is C22H23N. The predicted octanol–water partition coefficient (Wildman–Crippen LogP) is 5.44. The van der Waals surface area contributed by atoms with Crippen molar-refractivity contribution in [1.82, 2.24) is 5.32 Å². The molecule has 116 valence electrons. The normalized spacial score (nSPS) is 10.7. The minimum absolute atomic E-state index is 0.904. The third-order valence-electron chi connectivity index (χ3n) is 4.22. The lowest BCUT2D eigenvalue weighted by Gasteiger charge is -2.16. The Labute approximate surface area is 139 Å². The molecule has 1 N–H and O–H groups in total. The summed E-state index contributed by atoms with van der Waals surface area (Å²) in [6.07, 6.45) is 0. The van der Waals surface area contributed by atoms with Crippen LogP contribution in [0.4, 0.5) is 0 Å². The average Bonchev–Trinajstić information content (AvgIpc) is 2.61. The minimum atomic E-state index is 0.904. The molecule has 3 aromatic carbocycles. The van der Waals surface area contributed by atoms with E-state index in [4.69, 9.17) is 0 Å². The third kappa shape index (κ3) is 3.52. The van der Waals surface area contributed by atoms with Gasteiger partial charge in [0.2, 0.25) is 0 Å². The fourth-order valence-electron chi connectivity index (χ4n) is 2.97. The van der Waals surface area contributed by atoms with Gasteiger partial charge in [0.1, 0.15) is 0 Å². The van der Waals surface area contributed by atoms with Crippen molar-refractivity contribution in [2.75, 3.05) is 6.54 Å². The second-order valence-corrected chi connectivity index (χ2v) is 5.83. The van der Waals surface area contributed by atoms with Crippen LogP contribution >= 0.6 is 0 Å². The van der Waals surface area contributed by atoms with E-state index >= 15 is 0 Å². The molecule has 0 saturated carbocycles. The Bertz CT molecular complexity index is 761. The van der Waals surface area contributed by atoms with E-state index in [0.29, 0.717) is 0 Å². The van der Waals surface area contributed by atoms with Crippen LogP contribution in [-0.2, 0) is 6.54 Å². The molecule has 1 heteroatoms. The second kappa shape index (κ2) is 7.26. The summed E-state index contributed by atoms with van der Waals surface area (Å²) in [6.45, 7) is 6.25. The first-order chi connectivity index (χ1) is 11.3. The van der Waals surface area contributed by atoms with Crippen LogP contribution in [0.25, 0.3) is 22.3 Å². The number of nitrogens with one attached hydrogen (secondary N) is 1. The molecule has 0 atom stereocenters. The summed E-state index contributed by atoms with van der Waals surface area (Å²) in [6, 6.07) is 25.9. The molecule has 0 aliphatic rings. The summed E-state index contributed by atoms with van der Waals surface area (Å²) < 4.78 is 0. The highest BCUT2D eigenvalue weighted by Gasteiger charge is 2.11. The van der Waals surface area contributed by atoms with Gasteiger partial charge < -0.3 is 5.32 Å². The first kappa shape index (κ1) is 15.5. The Hall–Kier alpha value is -2.38. The molecule has 1 nitrogen and oxygen atoms in total. The van der Waals surface area contributed by atoms with Crippen LogP contribution in [0.2, 0.25) is 0 Å². The highest BCUT2D eigenvalue weighted by atomic mass is 14.8. The van der Waals surface area contributed by atoms with Crippen LogP contribution in [0, 0.1) is 6.92 Å². The molecule has 3 aromatic rings. The molecule has 0 aromatic heterocycles. The van der Waals surface area contributed by atoms with Crippen molar-refractivity contribution in [2.24, 2.45) is 0 Å². The zero-order valence-corrected chi connectivity index (χ0v) is 13.8. The number of aryl methyl sites for hydroxylation is 1. The smallest absolute Gasteiger partial charge is 0.0214 e. The van der Waals surface area contributed by atoms with E-state index in [9.17, 15) is 0 Å². The predicted molar refractivity (Wildman–Crippen MR) is 99.4 cm³/mol. The van der Waals surface area contributed by atoms with E-state index in [0.717, 1.165) is 13.1 Å². The topological polar surface area (TPSA) is 12.0 Å². The molecule has 0 radical (unpaired) electrons. The number of rotatable bonds is 5. The summed E-state index contributed by atoms with van der Waals surface area (Å²) in [5.41, 5.74) is 7.88. The van der Waals surface area contributed by atoms with Crippen LogP contribution in [-0.4, -0.2) is 6.54 Å². The standard InChI is InChI=1S/C22H23N/c1-3-23-16-22-17(2)14-20(18-10-6-4-7-11-18)15-21(22)19-12-8-5-9-13-19/h4-15,23H,3,16H2,1-2H3. The number of hydrogen-bond acceptors (Lipinski definition) is 1. The van der Waals surface area contributed by atoms with E-state index in [2.05, 4.69) is 92.0 Å². The van der Waals surface area contributed by atoms with Crippen molar-refractivity contribution in [1.29, 1.82) is 0 Å². The summed E-state index contributed by atoms with van der Waals surface area (Å²) in [5, 5.41) is 3.47. The van der Waals surface area contributed by atoms with Gasteiger partial charge in [0, 0.05) is 6.54 Å². The molecule has 0 fully saturated rings. The summed E-state index contributed by atoms with van der Waals surface area (Å²) in [4.78, 5) is 0. The Balaban J connectivity index is 2.14. The monoisotopic (exact) mass is 301 g/mol. The molecule has 0 aliphatic heterocycles. The van der Waals surface area contributed by atoms with Gasteiger partial charge in [-0.2, -0.15) is 0 Å². The van der Waals surface area contributed by atoms with Crippen molar-refractivity contribution >= 4 is 0 Å². The van der Waals surface area contributed by atoms with E-state index in [1.54, 1.807) is 0 Å². The first-order valence-electron chi connectivity index (χ1n) is 8.24. The van der Waals surface area contributed by atoms with Gasteiger partial charge in [-0.05, 0) is 52.9 Å². The quantitative estimate of drug-likeness (QED) is 0.662. The van der Waals surface area contributed by atoms with Crippen molar-refractivity contribution < 1.29 is 0 Å². The Morgan fingerprint density at radius 1 is 0.739 bits per heavy atom. The lowest BCUT2D eigenvalue weighted by Crippen LogP contribution is -2.13. The SMILES string of the molecule is CCNCc1c(C)cc(-c2ccccc2)cc1-c1ccccc1. The van der Waals surface area contributed by atoms with Crippen molar-refractivity contribution in [2.45, 2.75) is 20.4 Å². The van der Waals surface area contributed by atoms with E-state index in [-0.39, 0.29) is 0 Å². The highest BCUT2D eigenvalue weighted by Crippen LogP contribution is 2.32. The van der Waals surface area contributed by atoms with Crippen LogP contribution < -0.4 is 5.32 Å². The fourth-order valence-corrected chi connectivity index (χ4v) is 2.97. The molecule has 0 bridgehead atoms. The molecule has 23 heavy (non-hydrogen) atoms. The molecule has 0 heterocycles. The van der Waals surface area contributed by atoms with Gasteiger partial charge in [-0.15, -0.1) is 0 Å².